The summed E-state index contributed by atoms with van der Waals surface area (Å²) in [6.07, 6.45) is 0.380. The molecule has 3 aromatic rings. The quantitative estimate of drug-likeness (QED) is 0.706. The molecule has 0 aliphatic carbocycles. The molecule has 1 saturated heterocycles. The van der Waals surface area contributed by atoms with Gasteiger partial charge in [0.25, 0.3) is 0 Å². The first kappa shape index (κ1) is 15.3. The van der Waals surface area contributed by atoms with Crippen LogP contribution in [0.4, 0.5) is 0 Å². The number of methoxy groups -OCH3 is 2. The van der Waals surface area contributed by atoms with Crippen molar-refractivity contribution in [3.05, 3.63) is 34.0 Å². The Balaban J connectivity index is 1.98. The van der Waals surface area contributed by atoms with Gasteiger partial charge in [0.05, 0.1) is 26.7 Å². The van der Waals surface area contributed by atoms with Crippen LogP contribution in [0.15, 0.2) is 27.4 Å². The number of benzene rings is 2. The van der Waals surface area contributed by atoms with Gasteiger partial charge in [-0.2, -0.15) is 0 Å². The van der Waals surface area contributed by atoms with Crippen molar-refractivity contribution in [2.24, 2.45) is 0 Å². The second kappa shape index (κ2) is 5.28. The van der Waals surface area contributed by atoms with Crippen LogP contribution in [0.25, 0.3) is 21.9 Å². The minimum atomic E-state index is -0.389. The van der Waals surface area contributed by atoms with Gasteiger partial charge in [-0.05, 0) is 18.6 Å². The molecule has 2 aliphatic rings. The van der Waals surface area contributed by atoms with Gasteiger partial charge in [0, 0.05) is 11.6 Å². The summed E-state index contributed by atoms with van der Waals surface area (Å²) in [4.78, 5) is 13.3. The van der Waals surface area contributed by atoms with Gasteiger partial charge in [0.1, 0.15) is 33.6 Å². The van der Waals surface area contributed by atoms with Gasteiger partial charge in [-0.1, -0.05) is 0 Å². The van der Waals surface area contributed by atoms with Crippen LogP contribution in [0.5, 0.6) is 23.0 Å². The van der Waals surface area contributed by atoms with E-state index in [0.29, 0.717) is 34.8 Å². The van der Waals surface area contributed by atoms with E-state index in [1.165, 1.54) is 26.4 Å². The third kappa shape index (κ3) is 1.83. The number of hydrogen-bond donors (Lipinski definition) is 1. The molecular weight excluding hydrogens is 340 g/mol. The lowest BCUT2D eigenvalue weighted by atomic mass is 9.95. The van der Waals surface area contributed by atoms with Crippen molar-refractivity contribution in [1.82, 2.24) is 0 Å². The highest BCUT2D eigenvalue weighted by atomic mass is 16.7. The summed E-state index contributed by atoms with van der Waals surface area (Å²) in [6.45, 7) is 0.583. The highest BCUT2D eigenvalue weighted by Gasteiger charge is 2.42. The molecule has 2 aliphatic heterocycles. The molecule has 26 heavy (non-hydrogen) atoms. The Morgan fingerprint density at radius 3 is 2.65 bits per heavy atom. The molecule has 2 atom stereocenters. The summed E-state index contributed by atoms with van der Waals surface area (Å²) < 4.78 is 28.2. The van der Waals surface area contributed by atoms with Gasteiger partial charge >= 0.3 is 0 Å². The lowest BCUT2D eigenvalue weighted by Gasteiger charge is -2.13. The fourth-order valence-corrected chi connectivity index (χ4v) is 3.91. The lowest BCUT2D eigenvalue weighted by Crippen LogP contribution is -2.13. The first-order valence-corrected chi connectivity index (χ1v) is 8.29. The molecule has 0 bridgehead atoms. The number of aromatic hydroxyl groups is 1. The van der Waals surface area contributed by atoms with Crippen molar-refractivity contribution in [3.63, 3.8) is 0 Å². The first-order valence-electron chi connectivity index (χ1n) is 8.29. The van der Waals surface area contributed by atoms with E-state index in [9.17, 15) is 9.90 Å². The molecule has 134 valence electrons. The standard InChI is InChI=1S/C19H16O7/c1-22-10-4-3-9(20)17-14(10)16(21)15-11(23-2)7-12-13(18(15)26-17)8-5-6-24-19(8)25-12/h3-4,7-8,19-20H,5-6H2,1-2H3/t8-,19+/m0/s1. The second-order valence-corrected chi connectivity index (χ2v) is 6.37. The molecule has 5 rings (SSSR count). The summed E-state index contributed by atoms with van der Waals surface area (Å²) in [5.41, 5.74) is 0.901. The number of ether oxygens (including phenoxy) is 4. The van der Waals surface area contributed by atoms with E-state index in [1.807, 2.05) is 0 Å². The summed E-state index contributed by atoms with van der Waals surface area (Å²) >= 11 is 0. The van der Waals surface area contributed by atoms with E-state index in [-0.39, 0.29) is 34.4 Å². The molecule has 0 spiro atoms. The Kier molecular flexibility index (Phi) is 3.12. The highest BCUT2D eigenvalue weighted by molar-refractivity contribution is 6.00. The van der Waals surface area contributed by atoms with Crippen molar-refractivity contribution in [1.29, 1.82) is 0 Å². The van der Waals surface area contributed by atoms with E-state index in [1.54, 1.807) is 6.07 Å². The second-order valence-electron chi connectivity index (χ2n) is 6.37. The Morgan fingerprint density at radius 1 is 1.12 bits per heavy atom. The maximum absolute atomic E-state index is 13.3. The summed E-state index contributed by atoms with van der Waals surface area (Å²) in [5, 5.41) is 10.7. The Labute approximate surface area is 147 Å². The molecule has 1 aromatic heterocycles. The molecule has 0 amide bonds. The molecule has 1 N–H and O–H groups in total. The zero-order valence-electron chi connectivity index (χ0n) is 14.2. The molecule has 0 radical (unpaired) electrons. The summed E-state index contributed by atoms with van der Waals surface area (Å²) in [5.74, 6) is 1.10. The van der Waals surface area contributed by atoms with Crippen molar-refractivity contribution in [3.8, 4) is 23.0 Å². The molecule has 1 fully saturated rings. The van der Waals surface area contributed by atoms with Gasteiger partial charge < -0.3 is 28.5 Å². The summed E-state index contributed by atoms with van der Waals surface area (Å²) in [7, 11) is 2.94. The van der Waals surface area contributed by atoms with Crippen LogP contribution in [0.3, 0.4) is 0 Å². The minimum absolute atomic E-state index is 0.0215. The average Bonchev–Trinajstić information content (AvgIpc) is 3.22. The van der Waals surface area contributed by atoms with Crippen molar-refractivity contribution in [2.45, 2.75) is 18.6 Å². The molecule has 7 nitrogen and oxygen atoms in total. The lowest BCUT2D eigenvalue weighted by molar-refractivity contribution is -0.0337. The Morgan fingerprint density at radius 2 is 1.88 bits per heavy atom. The fourth-order valence-electron chi connectivity index (χ4n) is 3.91. The third-order valence-corrected chi connectivity index (χ3v) is 5.10. The minimum Gasteiger partial charge on any atom is -0.504 e. The van der Waals surface area contributed by atoms with Crippen LogP contribution in [0.2, 0.25) is 0 Å². The molecule has 0 unspecified atom stereocenters. The zero-order chi connectivity index (χ0) is 18.0. The SMILES string of the molecule is COc1ccc(O)c2oc3c4c(cc(OC)c3c(=O)c12)O[C@H]1OCC[C@@H]41. The van der Waals surface area contributed by atoms with Crippen LogP contribution in [0.1, 0.15) is 17.9 Å². The van der Waals surface area contributed by atoms with E-state index in [4.69, 9.17) is 23.4 Å². The third-order valence-electron chi connectivity index (χ3n) is 5.10. The van der Waals surface area contributed by atoms with Crippen molar-refractivity contribution < 1.29 is 28.5 Å². The Bertz CT molecular complexity index is 1110. The normalized spacial score (nSPS) is 20.8. The maximum Gasteiger partial charge on any atom is 0.208 e. The van der Waals surface area contributed by atoms with Gasteiger partial charge in [-0.25, -0.2) is 0 Å². The first-order chi connectivity index (χ1) is 12.6. The zero-order valence-corrected chi connectivity index (χ0v) is 14.2. The highest BCUT2D eigenvalue weighted by Crippen LogP contribution is 2.50. The Hall–Kier alpha value is -2.93. The van der Waals surface area contributed by atoms with Crippen LogP contribution in [0, 0.1) is 0 Å². The predicted octanol–water partition coefficient (Wildman–Crippen LogP) is 2.89. The maximum atomic E-state index is 13.3. The van der Waals surface area contributed by atoms with E-state index in [2.05, 4.69) is 0 Å². The number of rotatable bonds is 2. The van der Waals surface area contributed by atoms with Crippen molar-refractivity contribution in [2.75, 3.05) is 20.8 Å². The van der Waals surface area contributed by atoms with Gasteiger partial charge in [0.2, 0.25) is 11.7 Å². The van der Waals surface area contributed by atoms with Crippen molar-refractivity contribution >= 4 is 21.9 Å². The van der Waals surface area contributed by atoms with Gasteiger partial charge in [-0.15, -0.1) is 0 Å². The largest absolute Gasteiger partial charge is 0.504 e. The van der Waals surface area contributed by atoms with Crippen LogP contribution in [-0.4, -0.2) is 32.2 Å². The van der Waals surface area contributed by atoms with Gasteiger partial charge in [-0.3, -0.25) is 4.79 Å². The van der Waals surface area contributed by atoms with Crippen LogP contribution in [-0.2, 0) is 4.74 Å². The molecule has 3 heterocycles. The predicted molar refractivity (Wildman–Crippen MR) is 92.5 cm³/mol. The molecule has 2 aromatic carbocycles. The monoisotopic (exact) mass is 356 g/mol. The topological polar surface area (TPSA) is 87.4 Å². The van der Waals surface area contributed by atoms with E-state index >= 15 is 0 Å². The molecule has 7 heteroatoms. The fraction of sp³-hybridized carbons (Fsp3) is 0.316. The van der Waals surface area contributed by atoms with E-state index in [0.717, 1.165) is 12.0 Å². The molecular formula is C19H16O7. The molecule has 0 saturated carbocycles. The van der Waals surface area contributed by atoms with E-state index < -0.39 is 0 Å². The number of hydrogen-bond acceptors (Lipinski definition) is 7. The average molecular weight is 356 g/mol. The van der Waals surface area contributed by atoms with Crippen LogP contribution >= 0.6 is 0 Å². The number of phenols is 1. The smallest absolute Gasteiger partial charge is 0.208 e. The number of phenolic OH excluding ortho intramolecular Hbond substituents is 1. The van der Waals surface area contributed by atoms with Crippen LogP contribution < -0.4 is 19.6 Å². The van der Waals surface area contributed by atoms with Gasteiger partial charge in [0.15, 0.2) is 11.3 Å². The summed E-state index contributed by atoms with van der Waals surface area (Å²) in [6, 6.07) is 4.66. The number of fused-ring (bicyclic) bond motifs is 6.